The Morgan fingerprint density at radius 1 is 1.56 bits per heavy atom. The molecule has 0 radical (unpaired) electrons. The molecule has 0 aliphatic rings. The maximum atomic E-state index is 12.0. The van der Waals surface area contributed by atoms with Crippen molar-refractivity contribution < 1.29 is 8.42 Å². The molecular formula is C10H13ClN2O2S. The van der Waals surface area contributed by atoms with E-state index in [2.05, 4.69) is 11.6 Å². The first-order valence-electron chi connectivity index (χ1n) is 4.56. The number of rotatable bonds is 4. The second kappa shape index (κ2) is 4.95. The summed E-state index contributed by atoms with van der Waals surface area (Å²) < 4.78 is 25.2. The van der Waals surface area contributed by atoms with Crippen molar-refractivity contribution in [3.63, 3.8) is 0 Å². The Hall–Kier alpha value is -0.910. The molecule has 1 aromatic rings. The molecule has 0 bridgehead atoms. The minimum atomic E-state index is -3.50. The van der Waals surface area contributed by atoms with E-state index in [-0.39, 0.29) is 16.6 Å². The summed E-state index contributed by atoms with van der Waals surface area (Å²) >= 11 is 5.59. The van der Waals surface area contributed by atoms with Gasteiger partial charge < -0.3 is 0 Å². The van der Waals surface area contributed by atoms with E-state index < -0.39 is 10.0 Å². The molecule has 0 aliphatic carbocycles. The number of pyridine rings is 1. The lowest BCUT2D eigenvalue weighted by Gasteiger charge is -2.16. The first kappa shape index (κ1) is 13.2. The first-order chi connectivity index (χ1) is 7.34. The summed E-state index contributed by atoms with van der Waals surface area (Å²) in [6.07, 6.45) is 1.24. The number of hydrogen-bond acceptors (Lipinski definition) is 3. The third kappa shape index (κ3) is 3.04. The molecule has 0 N–H and O–H groups in total. The standard InChI is InChI=1S/C10H13ClN2O2S/c1-8(2)7-13(3)16(14,15)9-4-5-10(11)12-6-9/h4-6H,1,7H2,2-3H3. The van der Waals surface area contributed by atoms with E-state index in [4.69, 9.17) is 11.6 Å². The molecule has 1 aromatic heterocycles. The van der Waals surface area contributed by atoms with Crippen LogP contribution in [0.2, 0.25) is 5.15 Å². The Labute approximate surface area is 101 Å². The van der Waals surface area contributed by atoms with Gasteiger partial charge in [-0.05, 0) is 19.1 Å². The Bertz CT molecular complexity index is 482. The van der Waals surface area contributed by atoms with Gasteiger partial charge in [-0.3, -0.25) is 0 Å². The minimum Gasteiger partial charge on any atom is -0.243 e. The van der Waals surface area contributed by atoms with Crippen molar-refractivity contribution in [1.82, 2.24) is 9.29 Å². The molecule has 88 valence electrons. The van der Waals surface area contributed by atoms with Crippen LogP contribution in [-0.4, -0.2) is 31.3 Å². The molecule has 0 saturated carbocycles. The molecule has 0 amide bonds. The molecular weight excluding hydrogens is 248 g/mol. The van der Waals surface area contributed by atoms with E-state index in [9.17, 15) is 8.42 Å². The number of nitrogens with zero attached hydrogens (tertiary/aromatic N) is 2. The topological polar surface area (TPSA) is 50.3 Å². The molecule has 0 unspecified atom stereocenters. The Kier molecular flexibility index (Phi) is 4.07. The summed E-state index contributed by atoms with van der Waals surface area (Å²) in [6.45, 7) is 5.73. The van der Waals surface area contributed by atoms with Crippen LogP contribution < -0.4 is 0 Å². The van der Waals surface area contributed by atoms with Crippen molar-refractivity contribution in [1.29, 1.82) is 0 Å². The van der Waals surface area contributed by atoms with Gasteiger partial charge in [-0.1, -0.05) is 23.8 Å². The van der Waals surface area contributed by atoms with Crippen molar-refractivity contribution >= 4 is 21.6 Å². The van der Waals surface area contributed by atoms with Gasteiger partial charge in [0.2, 0.25) is 10.0 Å². The summed E-state index contributed by atoms with van der Waals surface area (Å²) in [5, 5.41) is 0.265. The van der Waals surface area contributed by atoms with E-state index in [1.54, 1.807) is 6.92 Å². The van der Waals surface area contributed by atoms with Gasteiger partial charge in [0, 0.05) is 19.8 Å². The molecule has 4 nitrogen and oxygen atoms in total. The van der Waals surface area contributed by atoms with Crippen molar-refractivity contribution in [2.45, 2.75) is 11.8 Å². The van der Waals surface area contributed by atoms with E-state index in [1.165, 1.54) is 29.7 Å². The molecule has 0 saturated heterocycles. The SMILES string of the molecule is C=C(C)CN(C)S(=O)(=O)c1ccc(Cl)nc1. The summed E-state index contributed by atoms with van der Waals surface area (Å²) in [5.41, 5.74) is 0.771. The van der Waals surface area contributed by atoms with Crippen molar-refractivity contribution in [2.24, 2.45) is 0 Å². The molecule has 0 aromatic carbocycles. The molecule has 1 rings (SSSR count). The van der Waals surface area contributed by atoms with Crippen LogP contribution in [0.25, 0.3) is 0 Å². The zero-order valence-corrected chi connectivity index (χ0v) is 10.7. The minimum absolute atomic E-state index is 0.126. The lowest BCUT2D eigenvalue weighted by molar-refractivity contribution is 0.493. The molecule has 16 heavy (non-hydrogen) atoms. The maximum absolute atomic E-state index is 12.0. The molecule has 0 fully saturated rings. The fourth-order valence-electron chi connectivity index (χ4n) is 1.16. The van der Waals surface area contributed by atoms with Crippen LogP contribution in [0.5, 0.6) is 0 Å². The lowest BCUT2D eigenvalue weighted by Crippen LogP contribution is -2.28. The predicted molar refractivity (Wildman–Crippen MR) is 63.9 cm³/mol. The summed E-state index contributed by atoms with van der Waals surface area (Å²) in [7, 11) is -2.00. The van der Waals surface area contributed by atoms with Gasteiger partial charge in [-0.15, -0.1) is 0 Å². The van der Waals surface area contributed by atoms with Crippen molar-refractivity contribution in [3.8, 4) is 0 Å². The van der Waals surface area contributed by atoms with Crippen LogP contribution in [-0.2, 0) is 10.0 Å². The monoisotopic (exact) mass is 260 g/mol. The van der Waals surface area contributed by atoms with Crippen LogP contribution in [0.4, 0.5) is 0 Å². The second-order valence-corrected chi connectivity index (χ2v) is 5.97. The Balaban J connectivity index is 3.02. The Morgan fingerprint density at radius 3 is 2.62 bits per heavy atom. The number of hydrogen-bond donors (Lipinski definition) is 0. The summed E-state index contributed by atoms with van der Waals surface area (Å²) in [6, 6.07) is 2.88. The van der Waals surface area contributed by atoms with E-state index in [0.717, 1.165) is 5.57 Å². The van der Waals surface area contributed by atoms with Crippen molar-refractivity contribution in [2.75, 3.05) is 13.6 Å². The van der Waals surface area contributed by atoms with Gasteiger partial charge >= 0.3 is 0 Å². The highest BCUT2D eigenvalue weighted by Gasteiger charge is 2.20. The molecule has 6 heteroatoms. The molecule has 0 atom stereocenters. The molecule has 0 spiro atoms. The fourth-order valence-corrected chi connectivity index (χ4v) is 2.45. The highest BCUT2D eigenvalue weighted by atomic mass is 35.5. The van der Waals surface area contributed by atoms with Crippen LogP contribution >= 0.6 is 11.6 Å². The van der Waals surface area contributed by atoms with Gasteiger partial charge in [0.25, 0.3) is 0 Å². The zero-order valence-electron chi connectivity index (χ0n) is 9.14. The van der Waals surface area contributed by atoms with Crippen LogP contribution in [0.3, 0.4) is 0 Å². The van der Waals surface area contributed by atoms with E-state index >= 15 is 0 Å². The lowest BCUT2D eigenvalue weighted by atomic mass is 10.4. The molecule has 0 aliphatic heterocycles. The summed E-state index contributed by atoms with van der Waals surface area (Å²) in [4.78, 5) is 3.87. The van der Waals surface area contributed by atoms with Crippen LogP contribution in [0.1, 0.15) is 6.92 Å². The van der Waals surface area contributed by atoms with Crippen molar-refractivity contribution in [3.05, 3.63) is 35.6 Å². The van der Waals surface area contributed by atoms with Gasteiger partial charge in [-0.2, -0.15) is 4.31 Å². The second-order valence-electron chi connectivity index (χ2n) is 3.53. The normalized spacial score (nSPS) is 11.8. The number of likely N-dealkylation sites (N-methyl/N-ethyl adjacent to an activating group) is 1. The average molecular weight is 261 g/mol. The van der Waals surface area contributed by atoms with Gasteiger partial charge in [0.15, 0.2) is 0 Å². The van der Waals surface area contributed by atoms with Crippen LogP contribution in [0.15, 0.2) is 35.4 Å². The zero-order chi connectivity index (χ0) is 12.3. The number of sulfonamides is 1. The van der Waals surface area contributed by atoms with Gasteiger partial charge in [0.1, 0.15) is 10.0 Å². The average Bonchev–Trinajstić information content (AvgIpc) is 2.17. The van der Waals surface area contributed by atoms with Crippen LogP contribution in [0, 0.1) is 0 Å². The highest BCUT2D eigenvalue weighted by molar-refractivity contribution is 7.89. The predicted octanol–water partition coefficient (Wildman–Crippen LogP) is 1.93. The van der Waals surface area contributed by atoms with E-state index in [0.29, 0.717) is 0 Å². The smallest absolute Gasteiger partial charge is 0.243 e. The third-order valence-electron chi connectivity index (χ3n) is 1.90. The fraction of sp³-hybridized carbons (Fsp3) is 0.300. The first-order valence-corrected chi connectivity index (χ1v) is 6.38. The molecule has 1 heterocycles. The highest BCUT2D eigenvalue weighted by Crippen LogP contribution is 2.15. The number of halogens is 1. The third-order valence-corrected chi connectivity index (χ3v) is 3.91. The largest absolute Gasteiger partial charge is 0.244 e. The van der Waals surface area contributed by atoms with Gasteiger partial charge in [0.05, 0.1) is 0 Å². The quantitative estimate of drug-likeness (QED) is 0.614. The van der Waals surface area contributed by atoms with E-state index in [1.807, 2.05) is 0 Å². The van der Waals surface area contributed by atoms with Gasteiger partial charge in [-0.25, -0.2) is 13.4 Å². The number of aromatic nitrogens is 1. The maximum Gasteiger partial charge on any atom is 0.244 e. The Morgan fingerprint density at radius 2 is 2.19 bits per heavy atom. The summed E-state index contributed by atoms with van der Waals surface area (Å²) in [5.74, 6) is 0.